The molecule has 3 aromatic rings. The van der Waals surface area contributed by atoms with Gasteiger partial charge in [-0.3, -0.25) is 0 Å². The number of methoxy groups -OCH3 is 1. The molecule has 4 nitrogen and oxygen atoms in total. The largest absolute Gasteiger partial charge is 0.497 e. The van der Waals surface area contributed by atoms with Gasteiger partial charge in [0.2, 0.25) is 5.90 Å². The zero-order chi connectivity index (χ0) is 18.9. The maximum absolute atomic E-state index is 6.01. The molecule has 0 N–H and O–H groups in total. The van der Waals surface area contributed by atoms with Gasteiger partial charge in [-0.05, 0) is 55.5 Å². The Hall–Kier alpha value is -3.53. The summed E-state index contributed by atoms with van der Waals surface area (Å²) in [5, 5.41) is 0. The fraction of sp³-hybridized carbons (Fsp3) is 0.0870. The Balaban J connectivity index is 1.85. The highest BCUT2D eigenvalue weighted by Crippen LogP contribution is 2.21. The summed E-state index contributed by atoms with van der Waals surface area (Å²) in [6.45, 7) is 1.90. The van der Waals surface area contributed by atoms with Gasteiger partial charge >= 0.3 is 0 Å². The third-order valence-electron chi connectivity index (χ3n) is 3.71. The molecule has 0 aliphatic carbocycles. The second-order valence-electron chi connectivity index (χ2n) is 5.76. The van der Waals surface area contributed by atoms with E-state index in [9.17, 15) is 0 Å². The lowest BCUT2D eigenvalue weighted by molar-refractivity contribution is 0.414. The fourth-order valence-electron chi connectivity index (χ4n) is 2.27. The second-order valence-corrected chi connectivity index (χ2v) is 5.76. The van der Waals surface area contributed by atoms with Crippen LogP contribution < -0.4 is 14.2 Å². The topological polar surface area (TPSA) is 40.0 Å². The lowest BCUT2D eigenvalue weighted by Crippen LogP contribution is -2.10. The quantitative estimate of drug-likeness (QED) is 0.318. The van der Waals surface area contributed by atoms with Crippen LogP contribution >= 0.6 is 0 Å². The minimum atomic E-state index is 0.460. The molecule has 4 heteroatoms. The van der Waals surface area contributed by atoms with Crippen LogP contribution in [0, 0.1) is 0 Å². The van der Waals surface area contributed by atoms with Gasteiger partial charge in [0.1, 0.15) is 17.2 Å². The van der Waals surface area contributed by atoms with Gasteiger partial charge in [0, 0.05) is 5.57 Å². The molecule has 136 valence electrons. The lowest BCUT2D eigenvalue weighted by atomic mass is 10.3. The Morgan fingerprint density at radius 3 is 1.96 bits per heavy atom. The van der Waals surface area contributed by atoms with Gasteiger partial charge in [-0.15, -0.1) is 0 Å². The van der Waals surface area contributed by atoms with Crippen LogP contribution in [-0.4, -0.2) is 13.0 Å². The van der Waals surface area contributed by atoms with E-state index in [4.69, 9.17) is 14.2 Å². The highest BCUT2D eigenvalue weighted by Gasteiger charge is 2.08. The van der Waals surface area contributed by atoms with E-state index in [-0.39, 0.29) is 0 Å². The molecule has 0 aliphatic heterocycles. The van der Waals surface area contributed by atoms with Crippen LogP contribution in [-0.2, 0) is 0 Å². The molecule has 0 saturated heterocycles. The summed E-state index contributed by atoms with van der Waals surface area (Å²) < 4.78 is 16.9. The molecule has 0 unspecified atom stereocenters. The van der Waals surface area contributed by atoms with Crippen molar-refractivity contribution in [3.05, 3.63) is 96.8 Å². The molecule has 3 aromatic carbocycles. The van der Waals surface area contributed by atoms with Crippen LogP contribution in [0.1, 0.15) is 6.92 Å². The van der Waals surface area contributed by atoms with E-state index in [0.29, 0.717) is 11.6 Å². The number of ether oxygens (including phenoxy) is 3. The number of nitrogens with zero attached hydrogens (tertiary/aromatic N) is 1. The molecule has 0 bridgehead atoms. The van der Waals surface area contributed by atoms with Crippen LogP contribution in [0.25, 0.3) is 0 Å². The van der Waals surface area contributed by atoms with Gasteiger partial charge in [0.05, 0.1) is 19.1 Å². The van der Waals surface area contributed by atoms with Crippen LogP contribution in [0.5, 0.6) is 17.2 Å². The second kappa shape index (κ2) is 9.25. The molecular weight excluding hydrogens is 338 g/mol. The Bertz CT molecular complexity index is 901. The van der Waals surface area contributed by atoms with E-state index in [0.717, 1.165) is 22.8 Å². The molecule has 0 amide bonds. The normalized spacial score (nSPS) is 11.8. The van der Waals surface area contributed by atoms with Crippen LogP contribution in [0.4, 0.5) is 5.69 Å². The van der Waals surface area contributed by atoms with Crippen molar-refractivity contribution < 1.29 is 14.2 Å². The average molecular weight is 359 g/mol. The molecule has 3 rings (SSSR count). The van der Waals surface area contributed by atoms with Crippen LogP contribution in [0.2, 0.25) is 0 Å². The first-order chi connectivity index (χ1) is 13.2. The molecule has 0 heterocycles. The van der Waals surface area contributed by atoms with Crippen molar-refractivity contribution in [3.63, 3.8) is 0 Å². The van der Waals surface area contributed by atoms with Gasteiger partial charge in [-0.2, -0.15) is 0 Å². The molecule has 0 atom stereocenters. The van der Waals surface area contributed by atoms with Gasteiger partial charge in [0.15, 0.2) is 0 Å². The summed E-state index contributed by atoms with van der Waals surface area (Å²) in [6, 6.07) is 26.6. The number of rotatable bonds is 6. The molecule has 0 aliphatic rings. The molecule has 27 heavy (non-hydrogen) atoms. The lowest BCUT2D eigenvalue weighted by Gasteiger charge is -2.11. The van der Waals surface area contributed by atoms with Crippen molar-refractivity contribution in [1.29, 1.82) is 0 Å². The SMILES string of the molecule is COc1ccc(OC(=N/c2ccccc2)/C(C)=C/Oc2ccccc2)cc1. The molecule has 0 spiro atoms. The van der Waals surface area contributed by atoms with E-state index in [1.807, 2.05) is 91.9 Å². The van der Waals surface area contributed by atoms with Gasteiger partial charge in [0.25, 0.3) is 0 Å². The molecule has 0 aromatic heterocycles. The van der Waals surface area contributed by atoms with Crippen molar-refractivity contribution in [3.8, 4) is 17.2 Å². The first-order valence-electron chi connectivity index (χ1n) is 8.59. The van der Waals surface area contributed by atoms with E-state index in [2.05, 4.69) is 4.99 Å². The Kier molecular flexibility index (Phi) is 6.26. The average Bonchev–Trinajstić information content (AvgIpc) is 2.73. The van der Waals surface area contributed by atoms with E-state index >= 15 is 0 Å². The zero-order valence-electron chi connectivity index (χ0n) is 15.3. The molecular formula is C23H21NO3. The Morgan fingerprint density at radius 1 is 0.741 bits per heavy atom. The smallest absolute Gasteiger partial charge is 0.225 e. The van der Waals surface area contributed by atoms with Gasteiger partial charge < -0.3 is 14.2 Å². The summed E-state index contributed by atoms with van der Waals surface area (Å²) >= 11 is 0. The van der Waals surface area contributed by atoms with E-state index in [1.165, 1.54) is 0 Å². The summed E-state index contributed by atoms with van der Waals surface area (Å²) in [5.41, 5.74) is 1.56. The summed E-state index contributed by atoms with van der Waals surface area (Å²) in [5.74, 6) is 2.64. The standard InChI is InChI=1S/C23H21NO3/c1-18(17-26-21-11-7-4-8-12-21)23(24-19-9-5-3-6-10-19)27-22-15-13-20(25-2)14-16-22/h3-17H,1-2H3/b18-17+,24-23+. The van der Waals surface area contributed by atoms with Crippen molar-refractivity contribution in [2.24, 2.45) is 4.99 Å². The van der Waals surface area contributed by atoms with Crippen molar-refractivity contribution in [1.82, 2.24) is 0 Å². The Labute approximate surface area is 159 Å². The van der Waals surface area contributed by atoms with Gasteiger partial charge in [-0.25, -0.2) is 4.99 Å². The number of hydrogen-bond acceptors (Lipinski definition) is 4. The molecule has 0 saturated carbocycles. The summed E-state index contributed by atoms with van der Waals surface area (Å²) in [4.78, 5) is 4.62. The van der Waals surface area contributed by atoms with Gasteiger partial charge in [-0.1, -0.05) is 36.4 Å². The monoisotopic (exact) mass is 359 g/mol. The fourth-order valence-corrected chi connectivity index (χ4v) is 2.27. The highest BCUT2D eigenvalue weighted by molar-refractivity contribution is 5.96. The summed E-state index contributed by atoms with van der Waals surface area (Å²) in [7, 11) is 1.63. The number of para-hydroxylation sites is 2. The zero-order valence-corrected chi connectivity index (χ0v) is 15.3. The highest BCUT2D eigenvalue weighted by atomic mass is 16.5. The first kappa shape index (κ1) is 18.3. The number of benzene rings is 3. The minimum Gasteiger partial charge on any atom is -0.497 e. The maximum Gasteiger partial charge on any atom is 0.225 e. The predicted octanol–water partition coefficient (Wildman–Crippen LogP) is 5.79. The summed E-state index contributed by atoms with van der Waals surface area (Å²) in [6.07, 6.45) is 1.64. The Morgan fingerprint density at radius 2 is 1.33 bits per heavy atom. The van der Waals surface area contributed by atoms with Crippen molar-refractivity contribution >= 4 is 11.6 Å². The maximum atomic E-state index is 6.01. The van der Waals surface area contributed by atoms with Crippen molar-refractivity contribution in [2.75, 3.05) is 7.11 Å². The minimum absolute atomic E-state index is 0.460. The van der Waals surface area contributed by atoms with E-state index < -0.39 is 0 Å². The first-order valence-corrected chi connectivity index (χ1v) is 8.59. The predicted molar refractivity (Wildman–Crippen MR) is 108 cm³/mol. The molecule has 0 fully saturated rings. The van der Waals surface area contributed by atoms with Crippen LogP contribution in [0.15, 0.2) is 102 Å². The number of hydrogen-bond donors (Lipinski definition) is 0. The van der Waals surface area contributed by atoms with E-state index in [1.54, 1.807) is 13.4 Å². The third-order valence-corrected chi connectivity index (χ3v) is 3.71. The third kappa shape index (κ3) is 5.47. The van der Waals surface area contributed by atoms with Crippen LogP contribution in [0.3, 0.4) is 0 Å². The number of aliphatic imine (C=N–C) groups is 1. The van der Waals surface area contributed by atoms with Crippen molar-refractivity contribution in [2.45, 2.75) is 6.92 Å². The molecule has 0 radical (unpaired) electrons.